The molecule has 0 saturated carbocycles. The Balaban J connectivity index is 3.31. The van der Waals surface area contributed by atoms with Crippen LogP contribution in [-0.4, -0.2) is 28.4 Å². The van der Waals surface area contributed by atoms with Crippen molar-refractivity contribution in [3.63, 3.8) is 0 Å². The van der Waals surface area contributed by atoms with Crippen LogP contribution in [0.3, 0.4) is 0 Å². The molecule has 0 amide bonds. The average molecular weight is 226 g/mol. The molecule has 16 heavy (non-hydrogen) atoms. The average Bonchev–Trinajstić information content (AvgIpc) is 2.35. The van der Waals surface area contributed by atoms with Gasteiger partial charge < -0.3 is 25.3 Å². The number of hydrogen-bond donors (Lipinski definition) is 2. The van der Waals surface area contributed by atoms with Gasteiger partial charge in [-0.25, -0.2) is 0 Å². The highest BCUT2D eigenvalue weighted by Crippen LogP contribution is 2.36. The molecule has 0 saturated heterocycles. The Bertz CT molecular complexity index is 330. The van der Waals surface area contributed by atoms with Gasteiger partial charge in [0.2, 0.25) is 0 Å². The van der Waals surface area contributed by atoms with Crippen LogP contribution in [0.5, 0.6) is 17.2 Å². The molecule has 0 radical (unpaired) electrons. The van der Waals surface area contributed by atoms with Crippen molar-refractivity contribution in [2.24, 2.45) is 5.73 Å². The summed E-state index contributed by atoms with van der Waals surface area (Å²) in [5, 5.41) is 2.95. The van der Waals surface area contributed by atoms with Gasteiger partial charge >= 0.3 is 0 Å². The number of nitrogens with two attached hydrogens (primary N) is 1. The molecule has 1 rings (SSSR count). The summed E-state index contributed by atoms with van der Waals surface area (Å²) in [4.78, 5) is 0. The molecule has 3 N–H and O–H groups in total. The van der Waals surface area contributed by atoms with Crippen molar-refractivity contribution in [1.82, 2.24) is 5.32 Å². The van der Waals surface area contributed by atoms with Gasteiger partial charge in [0.05, 0.1) is 33.1 Å². The fourth-order valence-electron chi connectivity index (χ4n) is 1.48. The number of methoxy groups -OCH3 is 3. The fraction of sp³-hybridized carbons (Fsp3) is 0.455. The highest BCUT2D eigenvalue weighted by molar-refractivity contribution is 5.52. The third-order valence-electron chi connectivity index (χ3n) is 2.38. The van der Waals surface area contributed by atoms with Crippen molar-refractivity contribution in [3.8, 4) is 17.2 Å². The van der Waals surface area contributed by atoms with Gasteiger partial charge in [-0.05, 0) is 7.05 Å². The van der Waals surface area contributed by atoms with Gasteiger partial charge in [0.15, 0.2) is 0 Å². The third kappa shape index (κ3) is 2.37. The van der Waals surface area contributed by atoms with E-state index in [1.165, 1.54) is 0 Å². The second-order valence-electron chi connectivity index (χ2n) is 3.21. The summed E-state index contributed by atoms with van der Waals surface area (Å²) in [6.07, 6.45) is -0.351. The van der Waals surface area contributed by atoms with Crippen molar-refractivity contribution in [3.05, 3.63) is 17.7 Å². The first-order valence-electron chi connectivity index (χ1n) is 4.90. The van der Waals surface area contributed by atoms with E-state index in [2.05, 4.69) is 5.32 Å². The first kappa shape index (κ1) is 12.6. The Morgan fingerprint density at radius 1 is 1.06 bits per heavy atom. The lowest BCUT2D eigenvalue weighted by Gasteiger charge is -2.19. The maximum absolute atomic E-state index is 5.93. The quantitative estimate of drug-likeness (QED) is 0.730. The monoisotopic (exact) mass is 226 g/mol. The highest BCUT2D eigenvalue weighted by Gasteiger charge is 2.18. The van der Waals surface area contributed by atoms with E-state index < -0.39 is 0 Å². The first-order valence-corrected chi connectivity index (χ1v) is 4.90. The van der Waals surface area contributed by atoms with E-state index >= 15 is 0 Å². The zero-order valence-electron chi connectivity index (χ0n) is 10.0. The third-order valence-corrected chi connectivity index (χ3v) is 2.38. The molecule has 0 spiro atoms. The lowest BCUT2D eigenvalue weighted by molar-refractivity contribution is 0.360. The van der Waals surface area contributed by atoms with Gasteiger partial charge in [-0.3, -0.25) is 0 Å². The van der Waals surface area contributed by atoms with Crippen LogP contribution in [0.2, 0.25) is 0 Å². The smallest absolute Gasteiger partial charge is 0.132 e. The van der Waals surface area contributed by atoms with Crippen LogP contribution in [0.15, 0.2) is 12.1 Å². The number of hydrogen-bond acceptors (Lipinski definition) is 5. The predicted octanol–water partition coefficient (Wildman–Crippen LogP) is 0.889. The van der Waals surface area contributed by atoms with Crippen molar-refractivity contribution < 1.29 is 14.2 Å². The topological polar surface area (TPSA) is 65.7 Å². The number of ether oxygens (including phenoxy) is 3. The molecular formula is C11H18N2O3. The molecule has 90 valence electrons. The maximum Gasteiger partial charge on any atom is 0.132 e. The minimum Gasteiger partial charge on any atom is -0.496 e. The summed E-state index contributed by atoms with van der Waals surface area (Å²) < 4.78 is 15.7. The van der Waals surface area contributed by atoms with Crippen molar-refractivity contribution in [1.29, 1.82) is 0 Å². The van der Waals surface area contributed by atoms with Crippen molar-refractivity contribution in [2.45, 2.75) is 6.17 Å². The largest absolute Gasteiger partial charge is 0.496 e. The Morgan fingerprint density at radius 3 is 1.88 bits per heavy atom. The predicted molar refractivity (Wildman–Crippen MR) is 62.1 cm³/mol. The molecule has 0 aromatic heterocycles. The van der Waals surface area contributed by atoms with Crippen LogP contribution in [0.25, 0.3) is 0 Å². The second kappa shape index (κ2) is 5.58. The molecule has 5 nitrogen and oxygen atoms in total. The molecule has 0 aliphatic heterocycles. The molecule has 1 atom stereocenters. The van der Waals surface area contributed by atoms with Gasteiger partial charge in [-0.2, -0.15) is 0 Å². The molecule has 1 aromatic carbocycles. The molecule has 0 aliphatic rings. The molecule has 1 aromatic rings. The summed E-state index contributed by atoms with van der Waals surface area (Å²) in [5.41, 5.74) is 6.70. The second-order valence-corrected chi connectivity index (χ2v) is 3.21. The lowest BCUT2D eigenvalue weighted by Crippen LogP contribution is -2.26. The van der Waals surface area contributed by atoms with Crippen LogP contribution in [-0.2, 0) is 0 Å². The standard InChI is InChI=1S/C11H18N2O3/c1-13-11(12)10-8(15-3)5-7(14-2)6-9(10)16-4/h5-6,11,13H,12H2,1-4H3. The van der Waals surface area contributed by atoms with Gasteiger partial charge in [0, 0.05) is 12.1 Å². The van der Waals surface area contributed by atoms with E-state index in [1.54, 1.807) is 40.5 Å². The Kier molecular flexibility index (Phi) is 4.39. The molecular weight excluding hydrogens is 208 g/mol. The van der Waals surface area contributed by atoms with Crippen molar-refractivity contribution in [2.75, 3.05) is 28.4 Å². The van der Waals surface area contributed by atoms with E-state index in [0.29, 0.717) is 17.2 Å². The van der Waals surface area contributed by atoms with E-state index in [0.717, 1.165) is 5.56 Å². The zero-order valence-corrected chi connectivity index (χ0v) is 10.0. The Labute approximate surface area is 95.5 Å². The molecule has 1 unspecified atom stereocenters. The summed E-state index contributed by atoms with van der Waals surface area (Å²) >= 11 is 0. The Hall–Kier alpha value is -1.46. The molecule has 0 bridgehead atoms. The molecule has 5 heteroatoms. The van der Waals surface area contributed by atoms with Gasteiger partial charge in [-0.15, -0.1) is 0 Å². The summed E-state index contributed by atoms with van der Waals surface area (Å²) in [5.74, 6) is 1.94. The minimum atomic E-state index is -0.351. The number of benzene rings is 1. The molecule has 0 heterocycles. The van der Waals surface area contributed by atoms with Crippen LogP contribution in [0, 0.1) is 0 Å². The minimum absolute atomic E-state index is 0.351. The van der Waals surface area contributed by atoms with E-state index in [9.17, 15) is 0 Å². The van der Waals surface area contributed by atoms with Crippen molar-refractivity contribution >= 4 is 0 Å². The summed E-state index contributed by atoms with van der Waals surface area (Å²) in [6, 6.07) is 3.55. The molecule has 0 fully saturated rings. The van der Waals surface area contributed by atoms with E-state index in [-0.39, 0.29) is 6.17 Å². The molecule has 0 aliphatic carbocycles. The summed E-state index contributed by atoms with van der Waals surface area (Å²) in [6.45, 7) is 0. The first-order chi connectivity index (χ1) is 7.67. The fourth-order valence-corrected chi connectivity index (χ4v) is 1.48. The normalized spacial score (nSPS) is 12.1. The van der Waals surface area contributed by atoms with Crippen LogP contribution >= 0.6 is 0 Å². The zero-order chi connectivity index (χ0) is 12.1. The van der Waals surface area contributed by atoms with Gasteiger partial charge in [-0.1, -0.05) is 0 Å². The van der Waals surface area contributed by atoms with Gasteiger partial charge in [0.25, 0.3) is 0 Å². The lowest BCUT2D eigenvalue weighted by atomic mass is 10.1. The van der Waals surface area contributed by atoms with E-state index in [4.69, 9.17) is 19.9 Å². The number of rotatable bonds is 5. The maximum atomic E-state index is 5.93. The van der Waals surface area contributed by atoms with Crippen LogP contribution < -0.4 is 25.3 Å². The SMILES string of the molecule is CNC(N)c1c(OC)cc(OC)cc1OC. The summed E-state index contributed by atoms with van der Waals surface area (Å²) in [7, 11) is 6.53. The van der Waals surface area contributed by atoms with Gasteiger partial charge in [0.1, 0.15) is 17.2 Å². The van der Waals surface area contributed by atoms with Crippen LogP contribution in [0.1, 0.15) is 11.7 Å². The number of nitrogens with one attached hydrogen (secondary N) is 1. The highest BCUT2D eigenvalue weighted by atomic mass is 16.5. The Morgan fingerprint density at radius 2 is 1.56 bits per heavy atom. The van der Waals surface area contributed by atoms with E-state index in [1.807, 2.05) is 0 Å². The van der Waals surface area contributed by atoms with Crippen LogP contribution in [0.4, 0.5) is 0 Å².